The molecule has 0 aliphatic rings. The smallest absolute Gasteiger partial charge is 0.323 e. The fourth-order valence-corrected chi connectivity index (χ4v) is 1.44. The quantitative estimate of drug-likeness (QED) is 0.447. The molecule has 0 aromatic heterocycles. The van der Waals surface area contributed by atoms with Crippen LogP contribution in [0.3, 0.4) is 0 Å². The van der Waals surface area contributed by atoms with Gasteiger partial charge in [-0.25, -0.2) is 0 Å². The number of carbonyl (C=O) groups excluding carboxylic acids is 1. The van der Waals surface area contributed by atoms with E-state index in [0.717, 1.165) is 39.0 Å². The van der Waals surface area contributed by atoms with Crippen LogP contribution in [-0.4, -0.2) is 38.4 Å². The molecule has 0 saturated carbocycles. The Hall–Kier alpha value is -0.610. The summed E-state index contributed by atoms with van der Waals surface area (Å²) >= 11 is 0. The lowest BCUT2D eigenvalue weighted by atomic mass is 10.2. The Labute approximate surface area is 105 Å². The predicted octanol–water partition coefficient (Wildman–Crippen LogP) is 2.12. The molecule has 1 unspecified atom stereocenters. The first-order chi connectivity index (χ1) is 8.26. The molecule has 1 atom stereocenters. The van der Waals surface area contributed by atoms with Gasteiger partial charge in [-0.1, -0.05) is 20.3 Å². The van der Waals surface area contributed by atoms with Crippen molar-refractivity contribution in [2.24, 2.45) is 0 Å². The molecule has 0 aromatic rings. The summed E-state index contributed by atoms with van der Waals surface area (Å²) in [5.41, 5.74) is 0. The highest BCUT2D eigenvalue weighted by Gasteiger charge is 2.15. The second kappa shape index (κ2) is 11.9. The summed E-state index contributed by atoms with van der Waals surface area (Å²) in [5, 5.41) is 3.19. The van der Waals surface area contributed by atoms with Crippen LogP contribution in [-0.2, 0) is 14.3 Å². The van der Waals surface area contributed by atoms with Gasteiger partial charge in [0.1, 0.15) is 6.04 Å². The lowest BCUT2D eigenvalue weighted by Crippen LogP contribution is -2.38. The zero-order valence-corrected chi connectivity index (χ0v) is 11.5. The molecule has 0 amide bonds. The molecule has 4 nitrogen and oxygen atoms in total. The number of esters is 1. The average Bonchev–Trinajstić information content (AvgIpc) is 2.33. The van der Waals surface area contributed by atoms with Gasteiger partial charge < -0.3 is 14.8 Å². The molecule has 0 spiro atoms. The van der Waals surface area contributed by atoms with Crippen LogP contribution in [0.15, 0.2) is 0 Å². The van der Waals surface area contributed by atoms with Gasteiger partial charge in [-0.3, -0.25) is 4.79 Å². The first-order valence-corrected chi connectivity index (χ1v) is 6.73. The summed E-state index contributed by atoms with van der Waals surface area (Å²) in [4.78, 5) is 11.5. The molecule has 0 rings (SSSR count). The minimum Gasteiger partial charge on any atom is -0.465 e. The summed E-state index contributed by atoms with van der Waals surface area (Å²) in [6.45, 7) is 8.78. The van der Waals surface area contributed by atoms with Gasteiger partial charge in [-0.2, -0.15) is 0 Å². The van der Waals surface area contributed by atoms with E-state index in [4.69, 9.17) is 9.47 Å². The molecule has 0 radical (unpaired) electrons. The molecule has 4 heteroatoms. The molecule has 0 saturated heterocycles. The van der Waals surface area contributed by atoms with Crippen molar-refractivity contribution in [2.75, 3.05) is 26.4 Å². The summed E-state index contributed by atoms with van der Waals surface area (Å²) in [7, 11) is 0. The number of carbonyl (C=O) groups is 1. The van der Waals surface area contributed by atoms with Gasteiger partial charge >= 0.3 is 5.97 Å². The van der Waals surface area contributed by atoms with Crippen LogP contribution >= 0.6 is 0 Å². The maximum absolute atomic E-state index is 11.5. The molecule has 0 heterocycles. The van der Waals surface area contributed by atoms with Gasteiger partial charge in [0.25, 0.3) is 0 Å². The Bertz CT molecular complexity index is 186. The van der Waals surface area contributed by atoms with Crippen LogP contribution in [0.2, 0.25) is 0 Å². The lowest BCUT2D eigenvalue weighted by molar-refractivity contribution is -0.145. The highest BCUT2D eigenvalue weighted by atomic mass is 16.5. The van der Waals surface area contributed by atoms with Crippen LogP contribution < -0.4 is 5.32 Å². The van der Waals surface area contributed by atoms with Crippen LogP contribution in [0.5, 0.6) is 0 Å². The fraction of sp³-hybridized carbons (Fsp3) is 0.923. The molecule has 1 N–H and O–H groups in total. The van der Waals surface area contributed by atoms with Crippen molar-refractivity contribution in [1.29, 1.82) is 0 Å². The fourth-order valence-electron chi connectivity index (χ4n) is 1.44. The first kappa shape index (κ1) is 16.4. The number of ether oxygens (including phenoxy) is 2. The van der Waals surface area contributed by atoms with Gasteiger partial charge in [0.05, 0.1) is 6.61 Å². The van der Waals surface area contributed by atoms with Crippen molar-refractivity contribution in [3.05, 3.63) is 0 Å². The van der Waals surface area contributed by atoms with E-state index in [2.05, 4.69) is 12.2 Å². The SMILES string of the molecule is CCCCOCCCNC(CC)C(=O)OCC. The third kappa shape index (κ3) is 9.12. The van der Waals surface area contributed by atoms with Crippen molar-refractivity contribution >= 4 is 5.97 Å². The second-order valence-corrected chi connectivity index (χ2v) is 3.99. The van der Waals surface area contributed by atoms with E-state index in [-0.39, 0.29) is 12.0 Å². The zero-order chi connectivity index (χ0) is 12.9. The monoisotopic (exact) mass is 245 g/mol. The Kier molecular flexibility index (Phi) is 11.4. The summed E-state index contributed by atoms with van der Waals surface area (Å²) in [6, 6.07) is -0.175. The standard InChI is InChI=1S/C13H27NO3/c1-4-7-10-16-11-8-9-14-12(5-2)13(15)17-6-3/h12,14H,4-11H2,1-3H3. The first-order valence-electron chi connectivity index (χ1n) is 6.73. The highest BCUT2D eigenvalue weighted by Crippen LogP contribution is 1.96. The van der Waals surface area contributed by atoms with E-state index in [1.54, 1.807) is 0 Å². The Morgan fingerprint density at radius 1 is 1.18 bits per heavy atom. The average molecular weight is 245 g/mol. The van der Waals surface area contributed by atoms with Crippen molar-refractivity contribution in [2.45, 2.75) is 52.5 Å². The lowest BCUT2D eigenvalue weighted by Gasteiger charge is -2.15. The second-order valence-electron chi connectivity index (χ2n) is 3.99. The minimum atomic E-state index is -0.175. The van der Waals surface area contributed by atoms with Gasteiger partial charge in [0, 0.05) is 13.2 Å². The van der Waals surface area contributed by atoms with E-state index < -0.39 is 0 Å². The number of hydrogen-bond acceptors (Lipinski definition) is 4. The van der Waals surface area contributed by atoms with Gasteiger partial charge in [-0.05, 0) is 32.7 Å². The number of hydrogen-bond donors (Lipinski definition) is 1. The number of nitrogens with one attached hydrogen (secondary N) is 1. The van der Waals surface area contributed by atoms with Crippen molar-refractivity contribution < 1.29 is 14.3 Å². The molecule has 17 heavy (non-hydrogen) atoms. The Morgan fingerprint density at radius 3 is 2.47 bits per heavy atom. The van der Waals surface area contributed by atoms with Gasteiger partial charge in [-0.15, -0.1) is 0 Å². The number of unbranched alkanes of at least 4 members (excludes halogenated alkanes) is 1. The van der Waals surface area contributed by atoms with E-state index in [9.17, 15) is 4.79 Å². The van der Waals surface area contributed by atoms with E-state index >= 15 is 0 Å². The molecule has 0 bridgehead atoms. The zero-order valence-electron chi connectivity index (χ0n) is 11.5. The van der Waals surface area contributed by atoms with Crippen molar-refractivity contribution in [3.63, 3.8) is 0 Å². The molecular weight excluding hydrogens is 218 g/mol. The van der Waals surface area contributed by atoms with E-state index in [1.165, 1.54) is 6.42 Å². The van der Waals surface area contributed by atoms with Crippen molar-refractivity contribution in [1.82, 2.24) is 5.32 Å². The van der Waals surface area contributed by atoms with E-state index in [1.807, 2.05) is 13.8 Å². The topological polar surface area (TPSA) is 47.6 Å². The maximum atomic E-state index is 11.5. The Balaban J connectivity index is 3.46. The highest BCUT2D eigenvalue weighted by molar-refractivity contribution is 5.75. The summed E-state index contributed by atoms with van der Waals surface area (Å²) < 4.78 is 10.4. The molecule has 0 aliphatic heterocycles. The molecule has 0 fully saturated rings. The molecular formula is C13H27NO3. The summed E-state index contributed by atoms with van der Waals surface area (Å²) in [5.74, 6) is -0.151. The van der Waals surface area contributed by atoms with Gasteiger partial charge in [0.15, 0.2) is 0 Å². The van der Waals surface area contributed by atoms with Crippen LogP contribution in [0.1, 0.15) is 46.5 Å². The van der Waals surface area contributed by atoms with Crippen LogP contribution in [0, 0.1) is 0 Å². The maximum Gasteiger partial charge on any atom is 0.323 e. The molecule has 0 aliphatic carbocycles. The van der Waals surface area contributed by atoms with Crippen LogP contribution in [0.25, 0.3) is 0 Å². The third-order valence-corrected chi connectivity index (χ3v) is 2.48. The predicted molar refractivity (Wildman–Crippen MR) is 69.1 cm³/mol. The normalized spacial score (nSPS) is 12.4. The van der Waals surface area contributed by atoms with E-state index in [0.29, 0.717) is 6.61 Å². The molecule has 0 aromatic carbocycles. The summed E-state index contributed by atoms with van der Waals surface area (Å²) in [6.07, 6.45) is 3.97. The van der Waals surface area contributed by atoms with Crippen molar-refractivity contribution in [3.8, 4) is 0 Å². The molecule has 102 valence electrons. The minimum absolute atomic E-state index is 0.151. The van der Waals surface area contributed by atoms with Gasteiger partial charge in [0.2, 0.25) is 0 Å². The Morgan fingerprint density at radius 2 is 1.88 bits per heavy atom. The largest absolute Gasteiger partial charge is 0.465 e. The number of rotatable bonds is 11. The third-order valence-electron chi connectivity index (χ3n) is 2.48. The van der Waals surface area contributed by atoms with Crippen LogP contribution in [0.4, 0.5) is 0 Å².